The fourth-order valence-corrected chi connectivity index (χ4v) is 3.11. The highest BCUT2D eigenvalue weighted by Gasteiger charge is 2.28. The summed E-state index contributed by atoms with van der Waals surface area (Å²) in [6.07, 6.45) is 4.83. The molecule has 2 rings (SSSR count). The molecule has 3 heteroatoms. The molecule has 2 unspecified atom stereocenters. The van der Waals surface area contributed by atoms with E-state index in [1.165, 1.54) is 19.3 Å². The predicted molar refractivity (Wildman–Crippen MR) is 72.8 cm³/mol. The van der Waals surface area contributed by atoms with Gasteiger partial charge in [-0.15, -0.1) is 0 Å². The minimum Gasteiger partial charge on any atom is -0.507 e. The van der Waals surface area contributed by atoms with Crippen LogP contribution in [-0.4, -0.2) is 27.7 Å². The third-order valence-electron chi connectivity index (χ3n) is 4.12. The van der Waals surface area contributed by atoms with Crippen molar-refractivity contribution in [2.75, 3.05) is 6.54 Å². The lowest BCUT2D eigenvalue weighted by Gasteiger charge is -2.40. The molecule has 3 nitrogen and oxygen atoms in total. The first kappa shape index (κ1) is 13.2. The second-order valence-electron chi connectivity index (χ2n) is 5.18. The van der Waals surface area contributed by atoms with E-state index in [1.54, 1.807) is 18.2 Å². The van der Waals surface area contributed by atoms with E-state index < -0.39 is 0 Å². The molecule has 1 aromatic carbocycles. The molecule has 0 aromatic heterocycles. The molecule has 1 aromatic rings. The highest BCUT2D eigenvalue weighted by Crippen LogP contribution is 2.38. The summed E-state index contributed by atoms with van der Waals surface area (Å²) in [6.45, 7) is 5.33. The summed E-state index contributed by atoms with van der Waals surface area (Å²) in [6, 6.07) is 5.60. The zero-order valence-electron chi connectivity index (χ0n) is 11.3. The first-order valence-electron chi connectivity index (χ1n) is 6.91. The van der Waals surface area contributed by atoms with Gasteiger partial charge in [0.25, 0.3) is 0 Å². The average Bonchev–Trinajstić information content (AvgIpc) is 2.38. The lowest BCUT2D eigenvalue weighted by atomic mass is 9.95. The highest BCUT2D eigenvalue weighted by atomic mass is 16.3. The standard InChI is InChI=1S/C15H23NO2/c1-3-12-7-4-5-10-16(12)11(2)15-13(17)8-6-9-14(15)18/h6,8-9,11-12,17-18H,3-5,7,10H2,1-2H3. The third-order valence-corrected chi connectivity index (χ3v) is 4.12. The fraction of sp³-hybridized carbons (Fsp3) is 0.600. The van der Waals surface area contributed by atoms with Gasteiger partial charge in [0, 0.05) is 12.1 Å². The van der Waals surface area contributed by atoms with Gasteiger partial charge in [-0.2, -0.15) is 0 Å². The van der Waals surface area contributed by atoms with E-state index in [2.05, 4.69) is 18.7 Å². The molecule has 0 radical (unpaired) electrons. The number of rotatable bonds is 3. The molecule has 100 valence electrons. The maximum absolute atomic E-state index is 9.96. The first-order valence-corrected chi connectivity index (χ1v) is 6.91. The topological polar surface area (TPSA) is 43.7 Å². The van der Waals surface area contributed by atoms with E-state index in [0.29, 0.717) is 11.6 Å². The van der Waals surface area contributed by atoms with Gasteiger partial charge < -0.3 is 10.2 Å². The van der Waals surface area contributed by atoms with Crippen molar-refractivity contribution in [2.24, 2.45) is 0 Å². The monoisotopic (exact) mass is 249 g/mol. The van der Waals surface area contributed by atoms with Gasteiger partial charge >= 0.3 is 0 Å². The molecule has 0 spiro atoms. The smallest absolute Gasteiger partial charge is 0.124 e. The first-order chi connectivity index (χ1) is 8.65. The van der Waals surface area contributed by atoms with Crippen LogP contribution in [0.1, 0.15) is 51.1 Å². The van der Waals surface area contributed by atoms with Crippen molar-refractivity contribution in [3.8, 4) is 11.5 Å². The van der Waals surface area contributed by atoms with Gasteiger partial charge in [-0.25, -0.2) is 0 Å². The largest absolute Gasteiger partial charge is 0.507 e. The van der Waals surface area contributed by atoms with E-state index in [-0.39, 0.29) is 17.5 Å². The van der Waals surface area contributed by atoms with E-state index in [9.17, 15) is 10.2 Å². The van der Waals surface area contributed by atoms with Crippen molar-refractivity contribution in [3.05, 3.63) is 23.8 Å². The van der Waals surface area contributed by atoms with Crippen molar-refractivity contribution >= 4 is 0 Å². The molecule has 1 saturated heterocycles. The summed E-state index contributed by atoms with van der Waals surface area (Å²) in [5, 5.41) is 19.9. The number of hydrogen-bond donors (Lipinski definition) is 2. The van der Waals surface area contributed by atoms with Crippen molar-refractivity contribution in [3.63, 3.8) is 0 Å². The van der Waals surface area contributed by atoms with E-state index >= 15 is 0 Å². The zero-order chi connectivity index (χ0) is 13.1. The van der Waals surface area contributed by atoms with Gasteiger partial charge in [0.05, 0.1) is 5.56 Å². The molecule has 0 aliphatic carbocycles. The van der Waals surface area contributed by atoms with Crippen molar-refractivity contribution < 1.29 is 10.2 Å². The van der Waals surface area contributed by atoms with E-state index in [1.807, 2.05) is 0 Å². The highest BCUT2D eigenvalue weighted by molar-refractivity contribution is 5.45. The molecule has 1 fully saturated rings. The van der Waals surface area contributed by atoms with Crippen molar-refractivity contribution in [2.45, 2.75) is 51.6 Å². The van der Waals surface area contributed by atoms with Crippen molar-refractivity contribution in [1.82, 2.24) is 4.90 Å². The summed E-state index contributed by atoms with van der Waals surface area (Å²) in [4.78, 5) is 2.41. The molecule has 2 N–H and O–H groups in total. The predicted octanol–water partition coefficient (Wildman–Crippen LogP) is 3.42. The molecule has 1 heterocycles. The molecule has 1 aliphatic heterocycles. The normalized spacial score (nSPS) is 22.9. The number of likely N-dealkylation sites (tertiary alicyclic amines) is 1. The van der Waals surface area contributed by atoms with Gasteiger partial charge in [-0.3, -0.25) is 4.90 Å². The molecule has 0 amide bonds. The van der Waals surface area contributed by atoms with Crippen LogP contribution in [0.25, 0.3) is 0 Å². The zero-order valence-corrected chi connectivity index (χ0v) is 11.3. The summed E-state index contributed by atoms with van der Waals surface area (Å²) < 4.78 is 0. The van der Waals surface area contributed by atoms with Gasteiger partial charge in [-0.05, 0) is 44.9 Å². The molecule has 0 saturated carbocycles. The second-order valence-corrected chi connectivity index (χ2v) is 5.18. The molecule has 1 aliphatic rings. The molecule has 18 heavy (non-hydrogen) atoms. The van der Waals surface area contributed by atoms with Gasteiger partial charge in [0.1, 0.15) is 11.5 Å². The maximum atomic E-state index is 9.96. The second kappa shape index (κ2) is 5.61. The Morgan fingerprint density at radius 3 is 2.56 bits per heavy atom. The minimum atomic E-state index is 0.0662. The maximum Gasteiger partial charge on any atom is 0.124 e. The van der Waals surface area contributed by atoms with Gasteiger partial charge in [-0.1, -0.05) is 19.4 Å². The average molecular weight is 249 g/mol. The van der Waals surface area contributed by atoms with Crippen LogP contribution in [0.15, 0.2) is 18.2 Å². The van der Waals surface area contributed by atoms with Crippen LogP contribution >= 0.6 is 0 Å². The van der Waals surface area contributed by atoms with Crippen LogP contribution in [-0.2, 0) is 0 Å². The van der Waals surface area contributed by atoms with Gasteiger partial charge in [0.15, 0.2) is 0 Å². The Labute approximate surface area is 109 Å². The van der Waals surface area contributed by atoms with Crippen LogP contribution in [0.4, 0.5) is 0 Å². The quantitative estimate of drug-likeness (QED) is 0.862. The van der Waals surface area contributed by atoms with E-state index in [0.717, 1.165) is 13.0 Å². The third kappa shape index (κ3) is 2.46. The number of phenols is 2. The van der Waals surface area contributed by atoms with Crippen molar-refractivity contribution in [1.29, 1.82) is 0 Å². The Balaban J connectivity index is 2.26. The SMILES string of the molecule is CCC1CCCCN1C(C)c1c(O)cccc1O. The number of aromatic hydroxyl groups is 2. The molecule has 2 atom stereocenters. The van der Waals surface area contributed by atoms with E-state index in [4.69, 9.17) is 0 Å². The molecule has 0 bridgehead atoms. The number of benzene rings is 1. The lowest BCUT2D eigenvalue weighted by molar-refractivity contribution is 0.0974. The number of nitrogens with zero attached hydrogens (tertiary/aromatic N) is 1. The fourth-order valence-electron chi connectivity index (χ4n) is 3.11. The Bertz CT molecular complexity index is 385. The summed E-state index contributed by atoms with van der Waals surface area (Å²) in [5.41, 5.74) is 0.665. The van der Waals surface area contributed by atoms with Crippen LogP contribution in [0, 0.1) is 0 Å². The summed E-state index contributed by atoms with van der Waals surface area (Å²) in [7, 11) is 0. The Morgan fingerprint density at radius 2 is 1.94 bits per heavy atom. The van der Waals surface area contributed by atoms with Crippen LogP contribution in [0.3, 0.4) is 0 Å². The Hall–Kier alpha value is -1.22. The minimum absolute atomic E-state index is 0.0662. The molecular formula is C15H23NO2. The summed E-state index contributed by atoms with van der Waals surface area (Å²) >= 11 is 0. The number of piperidine rings is 1. The molecular weight excluding hydrogens is 226 g/mol. The lowest BCUT2D eigenvalue weighted by Crippen LogP contribution is -2.40. The van der Waals surface area contributed by atoms with Crippen LogP contribution in [0.5, 0.6) is 11.5 Å². The number of hydrogen-bond acceptors (Lipinski definition) is 3. The Kier molecular flexibility index (Phi) is 4.12. The number of phenolic OH excluding ortho intramolecular Hbond substituents is 2. The Morgan fingerprint density at radius 1 is 1.28 bits per heavy atom. The van der Waals surface area contributed by atoms with Crippen LogP contribution < -0.4 is 0 Å². The summed E-state index contributed by atoms with van der Waals surface area (Å²) in [5.74, 6) is 0.394. The van der Waals surface area contributed by atoms with Gasteiger partial charge in [0.2, 0.25) is 0 Å². The van der Waals surface area contributed by atoms with Crippen LogP contribution in [0.2, 0.25) is 0 Å².